The predicted molar refractivity (Wildman–Crippen MR) is 95.8 cm³/mol. The third kappa shape index (κ3) is 3.21. The van der Waals surface area contributed by atoms with Gasteiger partial charge in [-0.2, -0.15) is 0 Å². The first-order valence-corrected chi connectivity index (χ1v) is 9.02. The number of hydrogen-bond donors (Lipinski definition) is 0. The largest absolute Gasteiger partial charge is 0.356 e. The Morgan fingerprint density at radius 1 is 1.00 bits per heavy atom. The van der Waals surface area contributed by atoms with Crippen LogP contribution in [0.2, 0.25) is 0 Å². The third-order valence-electron chi connectivity index (χ3n) is 5.11. The number of nitrogens with zero attached hydrogens (tertiary/aromatic N) is 5. The van der Waals surface area contributed by atoms with Crippen molar-refractivity contribution in [2.45, 2.75) is 32.6 Å². The molecule has 0 atom stereocenters. The molecule has 0 aromatic carbocycles. The van der Waals surface area contributed by atoms with Crippen LogP contribution in [0.15, 0.2) is 24.7 Å². The summed E-state index contributed by atoms with van der Waals surface area (Å²) in [5, 5.41) is 0. The lowest BCUT2D eigenvalue weighted by Crippen LogP contribution is -2.33. The molecule has 0 bridgehead atoms. The van der Waals surface area contributed by atoms with Gasteiger partial charge < -0.3 is 9.80 Å². The number of amides is 1. The van der Waals surface area contributed by atoms with E-state index in [1.807, 2.05) is 24.0 Å². The summed E-state index contributed by atoms with van der Waals surface area (Å²) in [6.45, 7) is 5.46. The quantitative estimate of drug-likeness (QED) is 0.839. The summed E-state index contributed by atoms with van der Waals surface area (Å²) in [5.74, 6) is 1.13. The Labute approximate surface area is 147 Å². The van der Waals surface area contributed by atoms with Crippen LogP contribution in [0.3, 0.4) is 0 Å². The van der Waals surface area contributed by atoms with Gasteiger partial charge in [0.1, 0.15) is 12.1 Å². The number of rotatable bonds is 2. The molecule has 6 heteroatoms. The molecule has 2 aromatic rings. The Hall–Kier alpha value is -2.50. The van der Waals surface area contributed by atoms with Crippen molar-refractivity contribution in [1.82, 2.24) is 19.9 Å². The van der Waals surface area contributed by atoms with Gasteiger partial charge in [-0.1, -0.05) is 0 Å². The first kappa shape index (κ1) is 16.0. The third-order valence-corrected chi connectivity index (χ3v) is 5.11. The lowest BCUT2D eigenvalue weighted by atomic mass is 10.1. The number of aryl methyl sites for hydroxylation is 1. The van der Waals surface area contributed by atoms with Crippen molar-refractivity contribution < 1.29 is 4.79 Å². The zero-order valence-electron chi connectivity index (χ0n) is 14.6. The fourth-order valence-corrected chi connectivity index (χ4v) is 3.69. The topological polar surface area (TPSA) is 62.2 Å². The minimum atomic E-state index is 0.0518. The molecule has 1 saturated heterocycles. The fraction of sp³-hybridized carbons (Fsp3) is 0.474. The van der Waals surface area contributed by atoms with Gasteiger partial charge >= 0.3 is 0 Å². The standard InChI is InChI=1S/C19H23N5O/c1-14-4-5-15(12-20-14)19(25)24-10-6-16-17(7-11-24)21-13-22-18(16)23-8-2-3-9-23/h4-5,12-13H,2-3,6-11H2,1H3. The van der Waals surface area contributed by atoms with Crippen molar-refractivity contribution in [3.05, 3.63) is 47.2 Å². The number of fused-ring (bicyclic) bond motifs is 1. The van der Waals surface area contributed by atoms with Crippen molar-refractivity contribution in [3.63, 3.8) is 0 Å². The van der Waals surface area contributed by atoms with E-state index in [4.69, 9.17) is 0 Å². The molecule has 0 N–H and O–H groups in total. The number of aromatic nitrogens is 3. The first-order chi connectivity index (χ1) is 12.2. The molecule has 1 amide bonds. The van der Waals surface area contributed by atoms with Crippen LogP contribution in [0.25, 0.3) is 0 Å². The Bertz CT molecular complexity index is 768. The van der Waals surface area contributed by atoms with Gasteiger partial charge in [0.15, 0.2) is 0 Å². The van der Waals surface area contributed by atoms with E-state index in [1.165, 1.54) is 18.4 Å². The lowest BCUT2D eigenvalue weighted by Gasteiger charge is -2.21. The highest BCUT2D eigenvalue weighted by atomic mass is 16.2. The van der Waals surface area contributed by atoms with E-state index < -0.39 is 0 Å². The van der Waals surface area contributed by atoms with Gasteiger partial charge in [-0.25, -0.2) is 9.97 Å². The summed E-state index contributed by atoms with van der Waals surface area (Å²) < 4.78 is 0. The Morgan fingerprint density at radius 2 is 1.80 bits per heavy atom. The molecular weight excluding hydrogens is 314 g/mol. The van der Waals surface area contributed by atoms with E-state index in [2.05, 4.69) is 19.9 Å². The predicted octanol–water partition coefficient (Wildman–Crippen LogP) is 2.02. The minimum Gasteiger partial charge on any atom is -0.356 e. The van der Waals surface area contributed by atoms with E-state index in [-0.39, 0.29) is 5.91 Å². The van der Waals surface area contributed by atoms with Gasteiger partial charge in [0.25, 0.3) is 5.91 Å². The molecule has 2 aliphatic rings. The van der Waals surface area contributed by atoms with E-state index >= 15 is 0 Å². The summed E-state index contributed by atoms with van der Waals surface area (Å²) >= 11 is 0. The number of carbonyl (C=O) groups is 1. The zero-order valence-corrected chi connectivity index (χ0v) is 14.6. The zero-order chi connectivity index (χ0) is 17.2. The molecule has 4 rings (SSSR count). The van der Waals surface area contributed by atoms with Crippen LogP contribution in [-0.4, -0.2) is 51.9 Å². The normalized spacial score (nSPS) is 17.3. The number of anilines is 1. The van der Waals surface area contributed by atoms with Crippen LogP contribution < -0.4 is 4.90 Å². The van der Waals surface area contributed by atoms with E-state index in [0.717, 1.165) is 43.1 Å². The van der Waals surface area contributed by atoms with E-state index in [0.29, 0.717) is 18.7 Å². The molecule has 0 radical (unpaired) electrons. The molecule has 0 saturated carbocycles. The molecule has 130 valence electrons. The first-order valence-electron chi connectivity index (χ1n) is 9.02. The van der Waals surface area contributed by atoms with Crippen molar-refractivity contribution in [2.24, 2.45) is 0 Å². The summed E-state index contributed by atoms with van der Waals surface area (Å²) in [4.78, 5) is 30.4. The second-order valence-electron chi connectivity index (χ2n) is 6.80. The smallest absolute Gasteiger partial charge is 0.255 e. The highest BCUT2D eigenvalue weighted by Crippen LogP contribution is 2.26. The van der Waals surface area contributed by atoms with Gasteiger partial charge in [-0.05, 0) is 38.3 Å². The average Bonchev–Trinajstić information content (AvgIpc) is 3.08. The second kappa shape index (κ2) is 6.78. The minimum absolute atomic E-state index is 0.0518. The molecule has 2 aromatic heterocycles. The Morgan fingerprint density at radius 3 is 2.56 bits per heavy atom. The Kier molecular flexibility index (Phi) is 4.34. The van der Waals surface area contributed by atoms with Crippen molar-refractivity contribution in [2.75, 3.05) is 31.1 Å². The van der Waals surface area contributed by atoms with Gasteiger partial charge in [0.05, 0.1) is 11.3 Å². The van der Waals surface area contributed by atoms with Crippen LogP contribution in [0, 0.1) is 6.92 Å². The molecule has 1 fully saturated rings. The molecular formula is C19H23N5O. The second-order valence-corrected chi connectivity index (χ2v) is 6.80. The van der Waals surface area contributed by atoms with E-state index in [9.17, 15) is 4.79 Å². The van der Waals surface area contributed by atoms with Gasteiger partial charge in [0.2, 0.25) is 0 Å². The molecule has 25 heavy (non-hydrogen) atoms. The summed E-state index contributed by atoms with van der Waals surface area (Å²) in [5.41, 5.74) is 3.89. The maximum absolute atomic E-state index is 12.8. The van der Waals surface area contributed by atoms with Crippen molar-refractivity contribution in [3.8, 4) is 0 Å². The fourth-order valence-electron chi connectivity index (χ4n) is 3.69. The molecule has 0 aliphatic carbocycles. The monoisotopic (exact) mass is 337 g/mol. The van der Waals surface area contributed by atoms with Crippen LogP contribution in [0.4, 0.5) is 5.82 Å². The van der Waals surface area contributed by atoms with Gasteiger partial charge in [-0.15, -0.1) is 0 Å². The van der Waals surface area contributed by atoms with Gasteiger partial charge in [-0.3, -0.25) is 9.78 Å². The Balaban J connectivity index is 1.54. The van der Waals surface area contributed by atoms with Crippen molar-refractivity contribution in [1.29, 1.82) is 0 Å². The SMILES string of the molecule is Cc1ccc(C(=O)N2CCc3ncnc(N4CCCC4)c3CC2)cn1. The number of pyridine rings is 1. The molecule has 0 spiro atoms. The average molecular weight is 337 g/mol. The van der Waals surface area contributed by atoms with Crippen LogP contribution in [-0.2, 0) is 12.8 Å². The molecule has 0 unspecified atom stereocenters. The highest BCUT2D eigenvalue weighted by molar-refractivity contribution is 5.94. The highest BCUT2D eigenvalue weighted by Gasteiger charge is 2.25. The summed E-state index contributed by atoms with van der Waals surface area (Å²) in [6.07, 6.45) is 7.39. The van der Waals surface area contributed by atoms with Crippen LogP contribution >= 0.6 is 0 Å². The maximum Gasteiger partial charge on any atom is 0.255 e. The summed E-state index contributed by atoms with van der Waals surface area (Å²) in [6, 6.07) is 3.74. The number of carbonyl (C=O) groups excluding carboxylic acids is 1. The van der Waals surface area contributed by atoms with Crippen molar-refractivity contribution >= 4 is 11.7 Å². The summed E-state index contributed by atoms with van der Waals surface area (Å²) in [7, 11) is 0. The molecule has 4 heterocycles. The van der Waals surface area contributed by atoms with Crippen LogP contribution in [0.1, 0.15) is 40.2 Å². The van der Waals surface area contributed by atoms with E-state index in [1.54, 1.807) is 12.5 Å². The van der Waals surface area contributed by atoms with Crippen LogP contribution in [0.5, 0.6) is 0 Å². The molecule has 6 nitrogen and oxygen atoms in total. The lowest BCUT2D eigenvalue weighted by molar-refractivity contribution is 0.0762. The molecule has 2 aliphatic heterocycles. The number of hydrogen-bond acceptors (Lipinski definition) is 5. The van der Waals surface area contributed by atoms with Gasteiger partial charge in [0, 0.05) is 50.1 Å². The maximum atomic E-state index is 12.8.